The fraction of sp³-hybridized carbons (Fsp3) is 0.375. The van der Waals surface area contributed by atoms with Crippen molar-refractivity contribution >= 4 is 35.3 Å². The van der Waals surface area contributed by atoms with Gasteiger partial charge in [0.1, 0.15) is 6.54 Å². The molecule has 0 radical (unpaired) electrons. The molecule has 1 fully saturated rings. The Morgan fingerprint density at radius 2 is 2.15 bits per heavy atom. The molecule has 2 aromatic rings. The van der Waals surface area contributed by atoms with Crippen LogP contribution in [0.3, 0.4) is 0 Å². The molecule has 1 saturated heterocycles. The van der Waals surface area contributed by atoms with E-state index in [2.05, 4.69) is 20.8 Å². The second-order valence-electron chi connectivity index (χ2n) is 5.96. The Balaban J connectivity index is 1.55. The molecule has 10 nitrogen and oxygen atoms in total. The number of amides is 4. The third-order valence-electron chi connectivity index (χ3n) is 4.01. The molecule has 0 unspecified atom stereocenters. The normalized spacial score (nSPS) is 14.1. The Hall–Kier alpha value is -2.95. The number of rotatable bonds is 7. The number of benzene rings is 1. The van der Waals surface area contributed by atoms with Crippen molar-refractivity contribution in [1.29, 1.82) is 0 Å². The number of carbonyl (C=O) groups excluding carboxylic acids is 3. The van der Waals surface area contributed by atoms with Crippen molar-refractivity contribution in [3.63, 3.8) is 0 Å². The zero-order chi connectivity index (χ0) is 19.4. The van der Waals surface area contributed by atoms with E-state index in [0.29, 0.717) is 17.3 Å². The summed E-state index contributed by atoms with van der Waals surface area (Å²) in [4.78, 5) is 38.2. The molecule has 11 heteroatoms. The number of carbonyl (C=O) groups is 3. The van der Waals surface area contributed by atoms with E-state index in [1.807, 2.05) is 12.3 Å². The minimum Gasteiger partial charge on any atom is -0.326 e. The third kappa shape index (κ3) is 4.25. The number of imide groups is 1. The standard InChI is InChI=1S/C16H19N7O3S/c1-21-10-14(25)22(16(21)26)8-4-7-13(24)17-11-5-3-6-12(9-11)23-15(27-2)18-19-20-23/h3,5-6,9H,4,7-8,10H2,1-2H3,(H,17,24). The van der Waals surface area contributed by atoms with E-state index in [0.717, 1.165) is 5.69 Å². The van der Waals surface area contributed by atoms with Crippen LogP contribution in [0.25, 0.3) is 5.69 Å². The van der Waals surface area contributed by atoms with Gasteiger partial charge in [-0.3, -0.25) is 14.5 Å². The maximum atomic E-state index is 12.2. The lowest BCUT2D eigenvalue weighted by Gasteiger charge is -2.13. The van der Waals surface area contributed by atoms with Crippen molar-refractivity contribution in [2.24, 2.45) is 0 Å². The smallest absolute Gasteiger partial charge is 0.326 e. The number of likely N-dealkylation sites (N-methyl/N-ethyl adjacent to an activating group) is 1. The molecule has 0 spiro atoms. The summed E-state index contributed by atoms with van der Waals surface area (Å²) in [6, 6.07) is 6.86. The first-order chi connectivity index (χ1) is 13.0. The summed E-state index contributed by atoms with van der Waals surface area (Å²) in [5.74, 6) is -0.428. The highest BCUT2D eigenvalue weighted by molar-refractivity contribution is 7.98. The molecule has 2 heterocycles. The van der Waals surface area contributed by atoms with Gasteiger partial charge in [0.15, 0.2) is 0 Å². The molecule has 0 saturated carbocycles. The Morgan fingerprint density at radius 1 is 1.33 bits per heavy atom. The summed E-state index contributed by atoms with van der Waals surface area (Å²) < 4.78 is 1.58. The minimum absolute atomic E-state index is 0.0903. The molecule has 0 bridgehead atoms. The highest BCUT2D eigenvalue weighted by Gasteiger charge is 2.32. The number of anilines is 1. The number of aromatic nitrogens is 4. The number of hydrogen-bond donors (Lipinski definition) is 1. The van der Waals surface area contributed by atoms with Gasteiger partial charge in [-0.1, -0.05) is 17.8 Å². The van der Waals surface area contributed by atoms with Crippen molar-refractivity contribution in [1.82, 2.24) is 30.0 Å². The lowest BCUT2D eigenvalue weighted by atomic mass is 10.2. The fourth-order valence-corrected chi connectivity index (χ4v) is 3.13. The van der Waals surface area contributed by atoms with Gasteiger partial charge in [0.05, 0.1) is 5.69 Å². The van der Waals surface area contributed by atoms with Gasteiger partial charge in [0, 0.05) is 25.7 Å². The maximum absolute atomic E-state index is 12.2. The summed E-state index contributed by atoms with van der Waals surface area (Å²) in [7, 11) is 1.58. The van der Waals surface area contributed by atoms with Crippen LogP contribution in [-0.4, -0.2) is 74.2 Å². The molecular weight excluding hydrogens is 370 g/mol. The van der Waals surface area contributed by atoms with Crippen molar-refractivity contribution < 1.29 is 14.4 Å². The van der Waals surface area contributed by atoms with Crippen LogP contribution in [0.15, 0.2) is 29.4 Å². The van der Waals surface area contributed by atoms with Gasteiger partial charge in [-0.2, -0.15) is 4.68 Å². The van der Waals surface area contributed by atoms with E-state index in [1.54, 1.807) is 29.9 Å². The molecule has 27 heavy (non-hydrogen) atoms. The van der Waals surface area contributed by atoms with Crippen LogP contribution in [0.2, 0.25) is 0 Å². The lowest BCUT2D eigenvalue weighted by Crippen LogP contribution is -2.32. The second-order valence-corrected chi connectivity index (χ2v) is 6.74. The van der Waals surface area contributed by atoms with E-state index in [4.69, 9.17) is 0 Å². The third-order valence-corrected chi connectivity index (χ3v) is 4.63. The van der Waals surface area contributed by atoms with Gasteiger partial charge >= 0.3 is 6.03 Å². The lowest BCUT2D eigenvalue weighted by molar-refractivity contribution is -0.125. The summed E-state index contributed by atoms with van der Waals surface area (Å²) in [5.41, 5.74) is 1.35. The fourth-order valence-electron chi connectivity index (χ4n) is 2.69. The van der Waals surface area contributed by atoms with Crippen LogP contribution in [0.1, 0.15) is 12.8 Å². The molecule has 1 aromatic carbocycles. The number of urea groups is 1. The van der Waals surface area contributed by atoms with Gasteiger partial charge < -0.3 is 10.2 Å². The van der Waals surface area contributed by atoms with Crippen LogP contribution >= 0.6 is 11.8 Å². The average Bonchev–Trinajstić information content (AvgIpc) is 3.21. The molecule has 0 atom stereocenters. The van der Waals surface area contributed by atoms with E-state index in [1.165, 1.54) is 21.6 Å². The summed E-state index contributed by atoms with van der Waals surface area (Å²) >= 11 is 1.42. The molecule has 1 aliphatic heterocycles. The predicted molar refractivity (Wildman–Crippen MR) is 98.5 cm³/mol. The average molecular weight is 389 g/mol. The van der Waals surface area contributed by atoms with E-state index < -0.39 is 0 Å². The highest BCUT2D eigenvalue weighted by atomic mass is 32.2. The SMILES string of the molecule is CSc1nnnn1-c1cccc(NC(=O)CCCN2C(=O)CN(C)C2=O)c1. The molecular formula is C16H19N7O3S. The van der Waals surface area contributed by atoms with Crippen LogP contribution in [-0.2, 0) is 9.59 Å². The topological polar surface area (TPSA) is 113 Å². The van der Waals surface area contributed by atoms with Crippen LogP contribution in [0, 0.1) is 0 Å². The van der Waals surface area contributed by atoms with Crippen molar-refractivity contribution in [3.8, 4) is 5.69 Å². The molecule has 1 aromatic heterocycles. The first-order valence-electron chi connectivity index (χ1n) is 8.27. The first kappa shape index (κ1) is 18.8. The Kier molecular flexibility index (Phi) is 5.69. The number of nitrogens with zero attached hydrogens (tertiary/aromatic N) is 6. The Morgan fingerprint density at radius 3 is 2.85 bits per heavy atom. The van der Waals surface area contributed by atoms with Crippen molar-refractivity contribution in [3.05, 3.63) is 24.3 Å². The molecule has 3 rings (SSSR count). The highest BCUT2D eigenvalue weighted by Crippen LogP contribution is 2.19. The molecule has 142 valence electrons. The van der Waals surface area contributed by atoms with Gasteiger partial charge in [-0.15, -0.1) is 5.10 Å². The Bertz CT molecular complexity index is 869. The van der Waals surface area contributed by atoms with Gasteiger partial charge in [0.25, 0.3) is 0 Å². The number of thioether (sulfide) groups is 1. The van der Waals surface area contributed by atoms with Gasteiger partial charge in [0.2, 0.25) is 17.0 Å². The van der Waals surface area contributed by atoms with Crippen LogP contribution < -0.4 is 5.32 Å². The largest absolute Gasteiger partial charge is 0.326 e. The first-order valence-corrected chi connectivity index (χ1v) is 9.50. The molecule has 1 aliphatic rings. The van der Waals surface area contributed by atoms with Gasteiger partial charge in [-0.25, -0.2) is 4.79 Å². The maximum Gasteiger partial charge on any atom is 0.326 e. The van der Waals surface area contributed by atoms with E-state index in [-0.39, 0.29) is 37.4 Å². The Labute approximate surface area is 159 Å². The number of tetrazole rings is 1. The minimum atomic E-state index is -0.320. The summed E-state index contributed by atoms with van der Waals surface area (Å²) in [6.07, 6.45) is 2.48. The zero-order valence-electron chi connectivity index (χ0n) is 15.0. The predicted octanol–water partition coefficient (Wildman–Crippen LogP) is 0.997. The number of nitrogens with one attached hydrogen (secondary N) is 1. The zero-order valence-corrected chi connectivity index (χ0v) is 15.8. The summed E-state index contributed by atoms with van der Waals surface area (Å²) in [5, 5.41) is 15.0. The molecule has 4 amide bonds. The summed E-state index contributed by atoms with van der Waals surface area (Å²) in [6.45, 7) is 0.324. The van der Waals surface area contributed by atoms with E-state index in [9.17, 15) is 14.4 Å². The second kappa shape index (κ2) is 8.16. The quantitative estimate of drug-likeness (QED) is 0.555. The van der Waals surface area contributed by atoms with Crippen LogP contribution in [0.4, 0.5) is 10.5 Å². The monoisotopic (exact) mass is 389 g/mol. The van der Waals surface area contributed by atoms with Crippen molar-refractivity contribution in [2.75, 3.05) is 31.7 Å². The molecule has 1 N–H and O–H groups in total. The van der Waals surface area contributed by atoms with Crippen molar-refractivity contribution in [2.45, 2.75) is 18.0 Å². The van der Waals surface area contributed by atoms with E-state index >= 15 is 0 Å². The molecule has 0 aliphatic carbocycles. The van der Waals surface area contributed by atoms with Crippen LogP contribution in [0.5, 0.6) is 0 Å². The number of hydrogen-bond acceptors (Lipinski definition) is 7. The van der Waals surface area contributed by atoms with Gasteiger partial charge in [-0.05, 0) is 41.3 Å².